The van der Waals surface area contributed by atoms with E-state index < -0.39 is 0 Å². The van der Waals surface area contributed by atoms with E-state index in [2.05, 4.69) is 24.1 Å². The minimum absolute atomic E-state index is 0.605. The van der Waals surface area contributed by atoms with Crippen molar-refractivity contribution in [3.8, 4) is 0 Å². The van der Waals surface area contributed by atoms with Gasteiger partial charge in [-0.3, -0.25) is 0 Å². The maximum atomic E-state index is 3.43. The molecule has 13 heavy (non-hydrogen) atoms. The molecule has 0 aliphatic carbocycles. The van der Waals surface area contributed by atoms with Crippen molar-refractivity contribution in [2.24, 2.45) is 11.3 Å². The Labute approximate surface area is 81.7 Å². The van der Waals surface area contributed by atoms with Crippen molar-refractivity contribution in [2.75, 3.05) is 32.7 Å². The van der Waals surface area contributed by atoms with Crippen LogP contribution in [0.2, 0.25) is 0 Å². The quantitative estimate of drug-likeness (QED) is 0.708. The summed E-state index contributed by atoms with van der Waals surface area (Å²) in [7, 11) is 0. The van der Waals surface area contributed by atoms with Gasteiger partial charge in [-0.2, -0.15) is 0 Å². The zero-order chi connectivity index (χ0) is 9.31. The summed E-state index contributed by atoms with van der Waals surface area (Å²) in [6.07, 6.45) is 2.81. The van der Waals surface area contributed by atoms with Gasteiger partial charge >= 0.3 is 0 Å². The molecule has 2 rings (SSSR count). The van der Waals surface area contributed by atoms with Gasteiger partial charge in [-0.1, -0.05) is 13.8 Å². The van der Waals surface area contributed by atoms with Crippen molar-refractivity contribution >= 4 is 0 Å². The Kier molecular flexibility index (Phi) is 2.61. The normalized spacial score (nSPS) is 33.2. The second-order valence-corrected chi connectivity index (χ2v) is 5.52. The number of rotatable bonds is 3. The second-order valence-electron chi connectivity index (χ2n) is 5.52. The van der Waals surface area contributed by atoms with Gasteiger partial charge in [-0.15, -0.1) is 0 Å². The maximum absolute atomic E-state index is 3.43. The van der Waals surface area contributed by atoms with Crippen molar-refractivity contribution in [2.45, 2.75) is 26.7 Å². The molecule has 2 saturated heterocycles. The summed E-state index contributed by atoms with van der Waals surface area (Å²) in [4.78, 5) is 2.60. The predicted molar refractivity (Wildman–Crippen MR) is 55.8 cm³/mol. The molecule has 0 saturated carbocycles. The van der Waals surface area contributed by atoms with Crippen LogP contribution in [0.15, 0.2) is 0 Å². The lowest BCUT2D eigenvalue weighted by molar-refractivity contribution is 0.0274. The lowest BCUT2D eigenvalue weighted by atomic mass is 9.84. The fourth-order valence-electron chi connectivity index (χ4n) is 2.65. The Morgan fingerprint density at radius 1 is 1.38 bits per heavy atom. The molecular weight excluding hydrogens is 160 g/mol. The monoisotopic (exact) mass is 182 g/mol. The number of hydrogen-bond donors (Lipinski definition) is 1. The number of likely N-dealkylation sites (tertiary alicyclic amines) is 1. The van der Waals surface area contributed by atoms with Crippen LogP contribution in [0.4, 0.5) is 0 Å². The molecule has 2 heteroatoms. The average Bonchev–Trinajstić information content (AvgIpc) is 2.48. The SMILES string of the molecule is CC1(C)CN(CCC2CCNC2)C1. The summed E-state index contributed by atoms with van der Waals surface area (Å²) in [5.74, 6) is 0.962. The Morgan fingerprint density at radius 3 is 2.69 bits per heavy atom. The van der Waals surface area contributed by atoms with E-state index in [1.165, 1.54) is 45.6 Å². The molecule has 0 radical (unpaired) electrons. The van der Waals surface area contributed by atoms with Gasteiger partial charge in [0.1, 0.15) is 0 Å². The lowest BCUT2D eigenvalue weighted by Crippen LogP contribution is -2.53. The molecule has 2 nitrogen and oxygen atoms in total. The first kappa shape index (κ1) is 9.47. The minimum atomic E-state index is 0.605. The van der Waals surface area contributed by atoms with Gasteiger partial charge in [0.25, 0.3) is 0 Å². The maximum Gasteiger partial charge on any atom is 0.00452 e. The summed E-state index contributed by atoms with van der Waals surface area (Å²) in [5, 5.41) is 3.43. The highest BCUT2D eigenvalue weighted by atomic mass is 15.2. The van der Waals surface area contributed by atoms with Crippen molar-refractivity contribution in [3.05, 3.63) is 0 Å². The van der Waals surface area contributed by atoms with E-state index in [1.807, 2.05) is 0 Å². The summed E-state index contributed by atoms with van der Waals surface area (Å²) in [6, 6.07) is 0. The van der Waals surface area contributed by atoms with Gasteiger partial charge in [0.05, 0.1) is 0 Å². The first-order valence-corrected chi connectivity index (χ1v) is 5.59. The molecule has 2 aliphatic rings. The third kappa shape index (κ3) is 2.44. The van der Waals surface area contributed by atoms with Crippen LogP contribution < -0.4 is 5.32 Å². The summed E-state index contributed by atoms with van der Waals surface area (Å²) in [5.41, 5.74) is 0.605. The highest BCUT2D eigenvalue weighted by Crippen LogP contribution is 2.29. The molecule has 0 bridgehead atoms. The fraction of sp³-hybridized carbons (Fsp3) is 1.00. The van der Waals surface area contributed by atoms with Crippen molar-refractivity contribution in [1.29, 1.82) is 0 Å². The van der Waals surface area contributed by atoms with Crippen LogP contribution in [-0.2, 0) is 0 Å². The molecule has 0 aromatic carbocycles. The van der Waals surface area contributed by atoms with Crippen LogP contribution in [0.25, 0.3) is 0 Å². The highest BCUT2D eigenvalue weighted by Gasteiger charge is 2.33. The standard InChI is InChI=1S/C11H22N2/c1-11(2)8-13(9-11)6-4-10-3-5-12-7-10/h10,12H,3-9H2,1-2H3. The van der Waals surface area contributed by atoms with E-state index in [-0.39, 0.29) is 0 Å². The van der Waals surface area contributed by atoms with Crippen LogP contribution >= 0.6 is 0 Å². The van der Waals surface area contributed by atoms with E-state index in [4.69, 9.17) is 0 Å². The Hall–Kier alpha value is -0.0800. The van der Waals surface area contributed by atoms with E-state index in [0.29, 0.717) is 5.41 Å². The minimum Gasteiger partial charge on any atom is -0.316 e. The van der Waals surface area contributed by atoms with E-state index >= 15 is 0 Å². The Bertz CT molecular complexity index is 163. The van der Waals surface area contributed by atoms with E-state index in [1.54, 1.807) is 0 Å². The lowest BCUT2D eigenvalue weighted by Gasteiger charge is -2.46. The Balaban J connectivity index is 1.59. The van der Waals surface area contributed by atoms with Crippen molar-refractivity contribution in [3.63, 3.8) is 0 Å². The van der Waals surface area contributed by atoms with E-state index in [9.17, 15) is 0 Å². The molecule has 0 spiro atoms. The fourth-order valence-corrected chi connectivity index (χ4v) is 2.65. The van der Waals surface area contributed by atoms with Gasteiger partial charge in [0.15, 0.2) is 0 Å². The molecule has 0 aromatic rings. The van der Waals surface area contributed by atoms with Crippen molar-refractivity contribution in [1.82, 2.24) is 10.2 Å². The topological polar surface area (TPSA) is 15.3 Å². The molecular formula is C11H22N2. The predicted octanol–water partition coefficient (Wildman–Crippen LogP) is 1.33. The molecule has 0 aromatic heterocycles. The second kappa shape index (κ2) is 3.58. The molecule has 2 fully saturated rings. The van der Waals surface area contributed by atoms with Gasteiger partial charge in [0, 0.05) is 13.1 Å². The largest absolute Gasteiger partial charge is 0.316 e. The van der Waals surface area contributed by atoms with Crippen LogP contribution in [0, 0.1) is 11.3 Å². The van der Waals surface area contributed by atoms with Crippen LogP contribution in [0.1, 0.15) is 26.7 Å². The van der Waals surface area contributed by atoms with E-state index in [0.717, 1.165) is 5.92 Å². The smallest absolute Gasteiger partial charge is 0.00452 e. The molecule has 76 valence electrons. The summed E-state index contributed by atoms with van der Waals surface area (Å²) in [6.45, 7) is 11.2. The first-order valence-electron chi connectivity index (χ1n) is 5.59. The van der Waals surface area contributed by atoms with Crippen LogP contribution in [-0.4, -0.2) is 37.6 Å². The highest BCUT2D eigenvalue weighted by molar-refractivity contribution is 4.87. The molecule has 0 amide bonds. The number of nitrogens with one attached hydrogen (secondary N) is 1. The van der Waals surface area contributed by atoms with Gasteiger partial charge in [-0.05, 0) is 43.8 Å². The first-order chi connectivity index (χ1) is 6.16. The number of nitrogens with zero attached hydrogens (tertiary/aromatic N) is 1. The van der Waals surface area contributed by atoms with Gasteiger partial charge in [-0.25, -0.2) is 0 Å². The van der Waals surface area contributed by atoms with Crippen molar-refractivity contribution < 1.29 is 0 Å². The number of hydrogen-bond acceptors (Lipinski definition) is 2. The summed E-state index contributed by atoms with van der Waals surface area (Å²) < 4.78 is 0. The molecule has 1 atom stereocenters. The zero-order valence-corrected chi connectivity index (χ0v) is 8.97. The average molecular weight is 182 g/mol. The molecule has 2 heterocycles. The molecule has 2 aliphatic heterocycles. The summed E-state index contributed by atoms with van der Waals surface area (Å²) >= 11 is 0. The van der Waals surface area contributed by atoms with Crippen LogP contribution in [0.5, 0.6) is 0 Å². The molecule has 1 N–H and O–H groups in total. The van der Waals surface area contributed by atoms with Gasteiger partial charge in [0.2, 0.25) is 0 Å². The zero-order valence-electron chi connectivity index (χ0n) is 8.97. The Morgan fingerprint density at radius 2 is 2.15 bits per heavy atom. The third-order valence-corrected chi connectivity index (χ3v) is 3.32. The van der Waals surface area contributed by atoms with Crippen LogP contribution in [0.3, 0.4) is 0 Å². The third-order valence-electron chi connectivity index (χ3n) is 3.32. The molecule has 1 unspecified atom stereocenters. The van der Waals surface area contributed by atoms with Gasteiger partial charge < -0.3 is 10.2 Å².